The van der Waals surface area contributed by atoms with Crippen LogP contribution in [0.1, 0.15) is 35.0 Å². The van der Waals surface area contributed by atoms with Crippen molar-refractivity contribution in [3.8, 4) is 0 Å². The highest BCUT2D eigenvalue weighted by atomic mass is 16.5. The van der Waals surface area contributed by atoms with Crippen LogP contribution in [0.5, 0.6) is 0 Å². The Morgan fingerprint density at radius 1 is 1.19 bits per heavy atom. The van der Waals surface area contributed by atoms with Crippen molar-refractivity contribution >= 4 is 11.7 Å². The zero-order valence-corrected chi connectivity index (χ0v) is 13.1. The number of esters is 1. The van der Waals surface area contributed by atoms with E-state index in [1.54, 1.807) is 0 Å². The Balaban J connectivity index is 2.37. The molecule has 0 spiro atoms. The Morgan fingerprint density at radius 2 is 1.90 bits per heavy atom. The van der Waals surface area contributed by atoms with Crippen molar-refractivity contribution in [1.29, 1.82) is 0 Å². The van der Waals surface area contributed by atoms with Gasteiger partial charge in [-0.05, 0) is 44.9 Å². The minimum absolute atomic E-state index is 0.260. The maximum absolute atomic E-state index is 10.7. The van der Waals surface area contributed by atoms with E-state index in [-0.39, 0.29) is 5.97 Å². The summed E-state index contributed by atoms with van der Waals surface area (Å²) in [4.78, 5) is 10.7. The molecule has 0 saturated carbocycles. The van der Waals surface area contributed by atoms with Gasteiger partial charge in [0.2, 0.25) is 0 Å². The number of para-hydroxylation sites is 1. The summed E-state index contributed by atoms with van der Waals surface area (Å²) in [6.07, 6.45) is 5.78. The number of ether oxygens (including phenoxy) is 1. The van der Waals surface area contributed by atoms with Crippen molar-refractivity contribution < 1.29 is 10.9 Å². The number of rotatable bonds is 8. The van der Waals surface area contributed by atoms with Crippen molar-refractivity contribution in [2.75, 3.05) is 18.4 Å². The Hall–Kier alpha value is -2.03. The molecule has 0 aromatic heterocycles. The second kappa shape index (κ2) is 9.81. The maximum Gasteiger partial charge on any atom is 0.302 e. The molecule has 0 bridgehead atoms. The molecule has 1 aromatic rings. The average molecular weight is 289 g/mol. The van der Waals surface area contributed by atoms with Gasteiger partial charge in [0.05, 0.1) is 1.37 Å². The van der Waals surface area contributed by atoms with Gasteiger partial charge < -0.3 is 10.1 Å². The van der Waals surface area contributed by atoms with Gasteiger partial charge in [-0.15, -0.1) is 0 Å². The van der Waals surface area contributed by atoms with Gasteiger partial charge in [-0.1, -0.05) is 35.4 Å². The van der Waals surface area contributed by atoms with Gasteiger partial charge in [-0.2, -0.15) is 0 Å². The SMILES string of the molecule is [3H]C(Nc1ccccc1)/C(C)=C/CC/C(C)=C/COC(C)=O. The molecule has 3 heteroatoms. The average Bonchev–Trinajstić information content (AvgIpc) is 2.47. The van der Waals surface area contributed by atoms with Gasteiger partial charge in [-0.25, -0.2) is 0 Å². The Bertz CT molecular complexity index is 523. The molecule has 0 radical (unpaired) electrons. The van der Waals surface area contributed by atoms with Crippen LogP contribution in [-0.2, 0) is 9.53 Å². The van der Waals surface area contributed by atoms with E-state index in [0.29, 0.717) is 6.61 Å². The van der Waals surface area contributed by atoms with Crippen LogP contribution >= 0.6 is 0 Å². The molecule has 1 rings (SSSR count). The Labute approximate surface area is 129 Å². The highest BCUT2D eigenvalue weighted by Gasteiger charge is 1.94. The summed E-state index contributed by atoms with van der Waals surface area (Å²) in [5.74, 6) is -0.260. The number of hydrogen-bond acceptors (Lipinski definition) is 3. The van der Waals surface area contributed by atoms with Crippen LogP contribution < -0.4 is 5.32 Å². The van der Waals surface area contributed by atoms with Gasteiger partial charge in [0, 0.05) is 19.1 Å². The zero-order valence-electron chi connectivity index (χ0n) is 14.1. The highest BCUT2D eigenvalue weighted by Crippen LogP contribution is 2.09. The molecule has 1 unspecified atom stereocenters. The second-order valence-corrected chi connectivity index (χ2v) is 4.99. The number of hydrogen-bond donors (Lipinski definition) is 1. The minimum atomic E-state index is -0.437. The molecule has 1 N–H and O–H groups in total. The van der Waals surface area contributed by atoms with E-state index < -0.39 is 6.52 Å². The first-order valence-corrected chi connectivity index (χ1v) is 7.18. The quantitative estimate of drug-likeness (QED) is 0.571. The number of carbonyl (C=O) groups is 1. The molecule has 0 amide bonds. The molecule has 0 fully saturated rings. The van der Waals surface area contributed by atoms with Crippen LogP contribution in [0.25, 0.3) is 0 Å². The topological polar surface area (TPSA) is 38.3 Å². The fourth-order valence-electron chi connectivity index (χ4n) is 1.72. The number of anilines is 1. The van der Waals surface area contributed by atoms with Crippen molar-refractivity contribution in [2.45, 2.75) is 33.6 Å². The maximum atomic E-state index is 10.7. The van der Waals surface area contributed by atoms with E-state index in [1.165, 1.54) is 12.5 Å². The lowest BCUT2D eigenvalue weighted by atomic mass is 10.1. The van der Waals surface area contributed by atoms with Gasteiger partial charge >= 0.3 is 5.97 Å². The first-order valence-electron chi connectivity index (χ1n) is 7.76. The lowest BCUT2D eigenvalue weighted by molar-refractivity contribution is -0.139. The van der Waals surface area contributed by atoms with Crippen molar-refractivity contribution in [2.24, 2.45) is 0 Å². The third-order valence-corrected chi connectivity index (χ3v) is 2.96. The largest absolute Gasteiger partial charge is 0.462 e. The lowest BCUT2D eigenvalue weighted by Gasteiger charge is -2.06. The molecule has 1 aromatic carbocycles. The van der Waals surface area contributed by atoms with Crippen LogP contribution in [0.3, 0.4) is 0 Å². The third kappa shape index (κ3) is 8.69. The summed E-state index contributed by atoms with van der Waals surface area (Å²) in [6, 6.07) is 9.77. The molecule has 0 aliphatic rings. The Kier molecular flexibility index (Phi) is 7.17. The summed E-state index contributed by atoms with van der Waals surface area (Å²) in [5.41, 5.74) is 3.13. The van der Waals surface area contributed by atoms with E-state index in [1.807, 2.05) is 50.3 Å². The van der Waals surface area contributed by atoms with E-state index in [0.717, 1.165) is 24.1 Å². The van der Waals surface area contributed by atoms with Gasteiger partial charge in [0.15, 0.2) is 0 Å². The Morgan fingerprint density at radius 3 is 2.57 bits per heavy atom. The molecular weight excluding hydrogens is 262 g/mol. The number of allylic oxidation sites excluding steroid dienone is 2. The molecule has 3 nitrogen and oxygen atoms in total. The summed E-state index contributed by atoms with van der Waals surface area (Å²) in [6.45, 7) is 5.29. The monoisotopic (exact) mass is 289 g/mol. The minimum Gasteiger partial charge on any atom is -0.462 e. The molecule has 0 aliphatic carbocycles. The highest BCUT2D eigenvalue weighted by molar-refractivity contribution is 5.66. The molecule has 0 aliphatic heterocycles. The standard InChI is InChI=1S/C18H25NO2/c1-15(12-13-21-17(3)20)8-7-9-16(2)14-19-18-10-5-4-6-11-18/h4-6,9-12,19H,7-8,13-14H2,1-3H3/b15-12+,16-9+/i14T. The summed E-state index contributed by atoms with van der Waals surface area (Å²) in [7, 11) is 0. The van der Waals surface area contributed by atoms with Gasteiger partial charge in [0.25, 0.3) is 0 Å². The van der Waals surface area contributed by atoms with Crippen LogP contribution in [0.2, 0.25) is 0 Å². The molecular formula is C18H25NO2. The van der Waals surface area contributed by atoms with Crippen LogP contribution in [-0.4, -0.2) is 19.1 Å². The predicted molar refractivity (Wildman–Crippen MR) is 88.3 cm³/mol. The number of benzene rings is 1. The second-order valence-electron chi connectivity index (χ2n) is 4.99. The van der Waals surface area contributed by atoms with E-state index >= 15 is 0 Å². The summed E-state index contributed by atoms with van der Waals surface area (Å²) >= 11 is 0. The lowest BCUT2D eigenvalue weighted by Crippen LogP contribution is -2.02. The van der Waals surface area contributed by atoms with Gasteiger partial charge in [-0.3, -0.25) is 4.79 Å². The molecule has 21 heavy (non-hydrogen) atoms. The molecule has 0 saturated heterocycles. The van der Waals surface area contributed by atoms with E-state index in [4.69, 9.17) is 6.11 Å². The van der Waals surface area contributed by atoms with Crippen molar-refractivity contribution in [3.05, 3.63) is 53.6 Å². The van der Waals surface area contributed by atoms with E-state index in [2.05, 4.69) is 11.4 Å². The molecule has 0 heterocycles. The number of nitrogens with one attached hydrogen (secondary N) is 1. The van der Waals surface area contributed by atoms with Gasteiger partial charge in [0.1, 0.15) is 6.61 Å². The molecule has 1 atom stereocenters. The van der Waals surface area contributed by atoms with Crippen LogP contribution in [0.15, 0.2) is 53.6 Å². The van der Waals surface area contributed by atoms with Crippen molar-refractivity contribution in [3.63, 3.8) is 0 Å². The first kappa shape index (κ1) is 15.4. The summed E-state index contributed by atoms with van der Waals surface area (Å²) in [5, 5.41) is 3.15. The predicted octanol–water partition coefficient (Wildman–Crippen LogP) is 4.33. The summed E-state index contributed by atoms with van der Waals surface area (Å²) < 4.78 is 13.0. The third-order valence-electron chi connectivity index (χ3n) is 2.96. The fourth-order valence-corrected chi connectivity index (χ4v) is 1.72. The van der Waals surface area contributed by atoms with Crippen LogP contribution in [0.4, 0.5) is 5.69 Å². The van der Waals surface area contributed by atoms with E-state index in [9.17, 15) is 4.79 Å². The smallest absolute Gasteiger partial charge is 0.302 e. The fraction of sp³-hybridized carbons (Fsp3) is 0.389. The van der Waals surface area contributed by atoms with Crippen molar-refractivity contribution in [1.82, 2.24) is 0 Å². The number of carbonyl (C=O) groups excluding carboxylic acids is 1. The first-order chi connectivity index (χ1) is 10.5. The zero-order chi connectivity index (χ0) is 16.4. The molecule has 114 valence electrons. The van der Waals surface area contributed by atoms with Crippen LogP contribution in [0, 0.1) is 0 Å². The normalized spacial score (nSPS) is 14.3.